The van der Waals surface area contributed by atoms with Gasteiger partial charge in [0.2, 0.25) is 0 Å². The molecule has 0 aliphatic carbocycles. The first kappa shape index (κ1) is 13.2. The standard InChI is InChI=1S/C21H22F2N6O2/c22-13-3-4-16(23)15(10-13)18-2-1-7-28(18)19-6-9-29-20(26-19)17(11-24-29)25-21(31)27-8-5-14(30)12-27/h3-4,6,9-11,14,18,30H,1-2,5,7-8,12H2,(H,25,31)/i2D2,8D2,12D2,18D. The Morgan fingerprint density at radius 2 is 2.23 bits per heavy atom. The van der Waals surface area contributed by atoms with Crippen LogP contribution in [0.2, 0.25) is 0 Å². The topological polar surface area (TPSA) is 86.0 Å². The van der Waals surface area contributed by atoms with Crippen LogP contribution in [0.4, 0.5) is 25.1 Å². The molecular formula is C21H22F2N6O2. The fraction of sp³-hybridized carbons (Fsp3) is 0.381. The lowest BCUT2D eigenvalue weighted by Gasteiger charge is -2.26. The molecule has 31 heavy (non-hydrogen) atoms. The number of aliphatic hydroxyl groups excluding tert-OH is 1. The van der Waals surface area contributed by atoms with Crippen LogP contribution in [0.15, 0.2) is 36.7 Å². The lowest BCUT2D eigenvalue weighted by atomic mass is 10.0. The number of hydrogen-bond donors (Lipinski definition) is 2. The molecule has 4 heterocycles. The van der Waals surface area contributed by atoms with Crippen LogP contribution in [0.25, 0.3) is 5.65 Å². The van der Waals surface area contributed by atoms with Gasteiger partial charge in [0.15, 0.2) is 5.65 Å². The molecular weight excluding hydrogens is 406 g/mol. The molecule has 2 aliphatic rings. The van der Waals surface area contributed by atoms with Gasteiger partial charge in [-0.2, -0.15) is 5.10 Å². The third-order valence-electron chi connectivity index (χ3n) is 4.88. The molecule has 2 aromatic heterocycles. The van der Waals surface area contributed by atoms with Gasteiger partial charge >= 0.3 is 6.03 Å². The number of carbonyl (C=O) groups excluding carboxylic acids is 1. The maximum Gasteiger partial charge on any atom is 0.322 e. The zero-order valence-electron chi connectivity index (χ0n) is 23.0. The molecule has 2 amide bonds. The molecule has 2 aliphatic heterocycles. The van der Waals surface area contributed by atoms with Gasteiger partial charge in [0.05, 0.1) is 22.4 Å². The summed E-state index contributed by atoms with van der Waals surface area (Å²) in [5.74, 6) is -1.81. The van der Waals surface area contributed by atoms with Crippen molar-refractivity contribution >= 4 is 23.2 Å². The third kappa shape index (κ3) is 3.67. The zero-order chi connectivity index (χ0) is 27.8. The van der Waals surface area contributed by atoms with E-state index in [0.29, 0.717) is 0 Å². The molecule has 2 unspecified atom stereocenters. The van der Waals surface area contributed by atoms with Gasteiger partial charge in [-0.15, -0.1) is 0 Å². The highest BCUT2D eigenvalue weighted by atomic mass is 19.1. The lowest BCUT2D eigenvalue weighted by molar-refractivity contribution is 0.176. The van der Waals surface area contributed by atoms with Gasteiger partial charge in [-0.05, 0) is 43.5 Å². The first-order valence-electron chi connectivity index (χ1n) is 13.0. The van der Waals surface area contributed by atoms with Crippen molar-refractivity contribution in [3.8, 4) is 0 Å². The molecule has 1 aromatic carbocycles. The minimum Gasteiger partial charge on any atom is -0.391 e. The normalized spacial score (nSPS) is 31.8. The van der Waals surface area contributed by atoms with Crippen molar-refractivity contribution in [2.24, 2.45) is 0 Å². The smallest absolute Gasteiger partial charge is 0.322 e. The highest BCUT2D eigenvalue weighted by Gasteiger charge is 2.30. The number of urea groups is 1. The molecule has 10 heteroatoms. The summed E-state index contributed by atoms with van der Waals surface area (Å²) >= 11 is 0. The number of halogens is 2. The Balaban J connectivity index is 1.53. The largest absolute Gasteiger partial charge is 0.391 e. The van der Waals surface area contributed by atoms with E-state index in [9.17, 15) is 18.7 Å². The molecule has 8 nitrogen and oxygen atoms in total. The van der Waals surface area contributed by atoms with Gasteiger partial charge in [-0.25, -0.2) is 23.1 Å². The van der Waals surface area contributed by atoms with Crippen LogP contribution in [0, 0.1) is 11.6 Å². The Labute approximate surface area is 186 Å². The average molecular weight is 435 g/mol. The number of hydrogen-bond acceptors (Lipinski definition) is 5. The second kappa shape index (κ2) is 7.77. The highest BCUT2D eigenvalue weighted by Crippen LogP contribution is 2.37. The molecule has 0 bridgehead atoms. The number of carbonyl (C=O) groups is 1. The van der Waals surface area contributed by atoms with E-state index >= 15 is 0 Å². The molecule has 2 fully saturated rings. The van der Waals surface area contributed by atoms with Crippen LogP contribution in [0.3, 0.4) is 0 Å². The van der Waals surface area contributed by atoms with Crippen molar-refractivity contribution in [3.05, 3.63) is 53.9 Å². The van der Waals surface area contributed by atoms with E-state index in [2.05, 4.69) is 15.4 Å². The molecule has 2 atom stereocenters. The van der Waals surface area contributed by atoms with Gasteiger partial charge in [0, 0.05) is 36.8 Å². The van der Waals surface area contributed by atoms with Crippen molar-refractivity contribution in [1.29, 1.82) is 0 Å². The van der Waals surface area contributed by atoms with Crippen LogP contribution in [0.5, 0.6) is 0 Å². The Bertz CT molecular complexity index is 1440. The van der Waals surface area contributed by atoms with Gasteiger partial charge in [-0.3, -0.25) is 0 Å². The van der Waals surface area contributed by atoms with E-state index in [1.807, 2.05) is 0 Å². The maximum atomic E-state index is 14.8. The van der Waals surface area contributed by atoms with Gasteiger partial charge in [0.1, 0.15) is 23.1 Å². The van der Waals surface area contributed by atoms with Crippen molar-refractivity contribution in [1.82, 2.24) is 19.5 Å². The minimum absolute atomic E-state index is 0.00390. The van der Waals surface area contributed by atoms with Crippen LogP contribution in [-0.2, 0) is 0 Å². The summed E-state index contributed by atoms with van der Waals surface area (Å²) in [5.41, 5.74) is -0.605. The summed E-state index contributed by atoms with van der Waals surface area (Å²) in [6.45, 7) is -5.26. The third-order valence-corrected chi connectivity index (χ3v) is 4.88. The molecule has 2 saturated heterocycles. The number of aromatic nitrogens is 3. The number of nitrogens with one attached hydrogen (secondary N) is 1. The summed E-state index contributed by atoms with van der Waals surface area (Å²) in [5, 5.41) is 16.3. The summed E-state index contributed by atoms with van der Waals surface area (Å²) in [6, 6.07) is 0.253. The second-order valence-electron chi connectivity index (χ2n) is 6.94. The van der Waals surface area contributed by atoms with E-state index in [0.717, 1.165) is 18.2 Å². The fourth-order valence-electron chi connectivity index (χ4n) is 3.46. The SMILES string of the molecule is [2H]C1([2H])CC(O)C([2H])([2H])N1C(=O)Nc1cnn2ccc(N3CCC([2H])([2H])C3([2H])c3cc(F)ccc3F)nc12. The minimum atomic E-state index is -2.70. The Hall–Kier alpha value is -3.27. The van der Waals surface area contributed by atoms with Crippen molar-refractivity contribution in [3.63, 3.8) is 0 Å². The summed E-state index contributed by atoms with van der Waals surface area (Å²) in [4.78, 5) is 18.7. The van der Waals surface area contributed by atoms with Gasteiger partial charge < -0.3 is 20.2 Å². The van der Waals surface area contributed by atoms with E-state index in [1.165, 1.54) is 27.9 Å². The summed E-state index contributed by atoms with van der Waals surface area (Å²) in [6.07, 6.45) is -2.32. The number of amides is 2. The predicted octanol–water partition coefficient (Wildman–Crippen LogP) is 2.95. The van der Waals surface area contributed by atoms with E-state index in [1.54, 1.807) is 0 Å². The van der Waals surface area contributed by atoms with Gasteiger partial charge in [-0.1, -0.05) is 0 Å². The van der Waals surface area contributed by atoms with E-state index < -0.39 is 61.1 Å². The lowest BCUT2D eigenvalue weighted by Crippen LogP contribution is -2.33. The van der Waals surface area contributed by atoms with Gasteiger partial charge in [0.25, 0.3) is 0 Å². The number of likely N-dealkylation sites (tertiary alicyclic amines) is 1. The van der Waals surface area contributed by atoms with E-state index in [4.69, 9.17) is 9.60 Å². The number of fused-ring (bicyclic) bond motifs is 1. The molecule has 5 rings (SSSR count). The Kier molecular flexibility index (Phi) is 3.31. The summed E-state index contributed by atoms with van der Waals surface area (Å²) in [7, 11) is 0. The monoisotopic (exact) mass is 435 g/mol. The number of benzene rings is 1. The highest BCUT2D eigenvalue weighted by molar-refractivity contribution is 5.93. The molecule has 162 valence electrons. The zero-order valence-corrected chi connectivity index (χ0v) is 16.0. The van der Waals surface area contributed by atoms with Crippen LogP contribution < -0.4 is 10.2 Å². The summed E-state index contributed by atoms with van der Waals surface area (Å²) < 4.78 is 87.7. The molecule has 0 radical (unpaired) electrons. The Morgan fingerprint density at radius 1 is 1.35 bits per heavy atom. The average Bonchev–Trinajstić information content (AvgIpc) is 3.37. The Morgan fingerprint density at radius 3 is 3.03 bits per heavy atom. The van der Waals surface area contributed by atoms with Crippen molar-refractivity contribution in [2.75, 3.05) is 29.8 Å². The van der Waals surface area contributed by atoms with E-state index in [-0.39, 0.29) is 35.0 Å². The van der Waals surface area contributed by atoms with Crippen LogP contribution >= 0.6 is 0 Å². The molecule has 0 saturated carbocycles. The number of nitrogens with zero attached hydrogens (tertiary/aromatic N) is 5. The molecule has 0 spiro atoms. The first-order chi connectivity index (χ1) is 17.6. The molecule has 3 aromatic rings. The van der Waals surface area contributed by atoms with Crippen LogP contribution in [0.1, 0.15) is 40.4 Å². The second-order valence-corrected chi connectivity index (χ2v) is 6.94. The fourth-order valence-corrected chi connectivity index (χ4v) is 3.46. The number of aliphatic hydroxyl groups is 1. The van der Waals surface area contributed by atoms with Crippen molar-refractivity contribution in [2.45, 2.75) is 31.3 Å². The van der Waals surface area contributed by atoms with Crippen LogP contribution in [-0.4, -0.2) is 56.3 Å². The molecule has 2 N–H and O–H groups in total. The predicted molar refractivity (Wildman–Crippen MR) is 110 cm³/mol. The quantitative estimate of drug-likeness (QED) is 0.661. The van der Waals surface area contributed by atoms with Crippen molar-refractivity contribution < 1.29 is 28.3 Å². The first-order valence-corrected chi connectivity index (χ1v) is 9.46. The number of β-amino-alcohol motifs (C(OH)–C–C–N with tert-alkyl or cyclic N) is 1. The maximum absolute atomic E-state index is 14.8. The number of anilines is 2. The number of rotatable bonds is 3.